The molecule has 31 heavy (non-hydrogen) atoms. The van der Waals surface area contributed by atoms with Crippen molar-refractivity contribution in [1.29, 1.82) is 0 Å². The van der Waals surface area contributed by atoms with Crippen LogP contribution < -0.4 is 24.8 Å². The van der Waals surface area contributed by atoms with Gasteiger partial charge in [-0.1, -0.05) is 74.2 Å². The Bertz CT molecular complexity index is 908. The van der Waals surface area contributed by atoms with E-state index in [0.717, 1.165) is 12.8 Å². The second kappa shape index (κ2) is 14.6. The Balaban J connectivity index is 0.000000529. The van der Waals surface area contributed by atoms with Crippen LogP contribution in [0.5, 0.6) is 0 Å². The van der Waals surface area contributed by atoms with E-state index in [9.17, 15) is 0 Å². The monoisotopic (exact) mass is 616 g/mol. The van der Waals surface area contributed by atoms with Gasteiger partial charge in [0, 0.05) is 0 Å². The van der Waals surface area contributed by atoms with E-state index in [1.54, 1.807) is 0 Å². The third-order valence-corrected chi connectivity index (χ3v) is 5.41. The predicted octanol–water partition coefficient (Wildman–Crippen LogP) is 1.89. The first-order valence-corrected chi connectivity index (χ1v) is 10.3. The van der Waals surface area contributed by atoms with Crippen molar-refractivity contribution in [2.24, 2.45) is 0 Å². The van der Waals surface area contributed by atoms with Crippen molar-refractivity contribution < 1.29 is 50.7 Å². The van der Waals surface area contributed by atoms with Crippen LogP contribution in [0.4, 0.5) is 0 Å². The van der Waals surface area contributed by atoms with Crippen LogP contribution in [-0.2, 0) is 38.7 Å². The topological polar surface area (TPSA) is 0 Å². The zero-order valence-electron chi connectivity index (χ0n) is 18.8. The summed E-state index contributed by atoms with van der Waals surface area (Å²) >= 11 is 0. The van der Waals surface area contributed by atoms with E-state index >= 15 is 0 Å². The number of hydrogen-bond acceptors (Lipinski definition) is 0. The average Bonchev–Trinajstić information content (AvgIpc) is 3.37. The molecule has 0 saturated heterocycles. The van der Waals surface area contributed by atoms with E-state index in [1.165, 1.54) is 44.5 Å². The van der Waals surface area contributed by atoms with Gasteiger partial charge in [-0.25, -0.2) is 0 Å². The molecule has 0 aliphatic heterocycles. The van der Waals surface area contributed by atoms with Crippen LogP contribution in [0.2, 0.25) is 0 Å². The van der Waals surface area contributed by atoms with Gasteiger partial charge in [-0.3, -0.25) is 0 Å². The van der Waals surface area contributed by atoms with Crippen molar-refractivity contribution in [2.75, 3.05) is 0 Å². The van der Waals surface area contributed by atoms with Gasteiger partial charge in [0.2, 0.25) is 0 Å². The first kappa shape index (κ1) is 29.6. The molecule has 0 atom stereocenters. The van der Waals surface area contributed by atoms with Crippen molar-refractivity contribution in [1.82, 2.24) is 0 Å². The van der Waals surface area contributed by atoms with Crippen LogP contribution >= 0.6 is 0 Å². The maximum atomic E-state index is 2.21. The molecule has 0 aliphatic rings. The minimum Gasteiger partial charge on any atom is -1.00 e. The molecule has 4 aromatic carbocycles. The van der Waals surface area contributed by atoms with E-state index in [4.69, 9.17) is 0 Å². The molecular formula is C28H30Cl2Hf. The van der Waals surface area contributed by atoms with Gasteiger partial charge in [-0.2, -0.15) is 12.1 Å². The summed E-state index contributed by atoms with van der Waals surface area (Å²) in [6.45, 7) is 8.68. The third kappa shape index (κ3) is 7.90. The largest absolute Gasteiger partial charge is 4.00 e. The third-order valence-electron chi connectivity index (χ3n) is 5.41. The summed E-state index contributed by atoms with van der Waals surface area (Å²) in [7, 11) is 0. The fourth-order valence-corrected chi connectivity index (χ4v) is 3.51. The summed E-state index contributed by atoms with van der Waals surface area (Å²) < 4.78 is 0. The molecule has 0 bridgehead atoms. The Morgan fingerprint density at radius 3 is 1.10 bits per heavy atom. The number of hydrogen-bond donors (Lipinski definition) is 0. The van der Waals surface area contributed by atoms with Gasteiger partial charge >= 0.3 is 25.8 Å². The Morgan fingerprint density at radius 1 is 0.548 bits per heavy atom. The van der Waals surface area contributed by atoms with E-state index < -0.39 is 0 Å². The van der Waals surface area contributed by atoms with Crippen LogP contribution in [0.1, 0.15) is 36.1 Å². The molecule has 0 spiro atoms. The molecule has 0 unspecified atom stereocenters. The van der Waals surface area contributed by atoms with E-state index in [1.807, 2.05) is 0 Å². The minimum absolute atomic E-state index is 0. The molecule has 4 rings (SSSR count). The minimum atomic E-state index is 0. The summed E-state index contributed by atoms with van der Waals surface area (Å²) in [6, 6.07) is 30.6. The Morgan fingerprint density at radius 2 is 0.871 bits per heavy atom. The van der Waals surface area contributed by atoms with E-state index in [2.05, 4.69) is 113 Å². The zero-order valence-corrected chi connectivity index (χ0v) is 23.9. The van der Waals surface area contributed by atoms with Gasteiger partial charge in [0.1, 0.15) is 0 Å². The molecule has 0 heterocycles. The van der Waals surface area contributed by atoms with Crippen LogP contribution in [-0.4, -0.2) is 0 Å². The SMILES string of the molecule is CCc1ccc(-[c-]2cccc2C)cc1.CCc1ccc(-[c-]2cccc2C)cc1.[Cl-].[Cl-].[Hf+4]. The van der Waals surface area contributed by atoms with Crippen molar-refractivity contribution in [2.45, 2.75) is 40.5 Å². The predicted molar refractivity (Wildman–Crippen MR) is 123 cm³/mol. The number of halogens is 2. The van der Waals surface area contributed by atoms with Crippen LogP contribution in [0.25, 0.3) is 22.3 Å². The first-order valence-electron chi connectivity index (χ1n) is 10.3. The second-order valence-corrected chi connectivity index (χ2v) is 7.35. The fourth-order valence-electron chi connectivity index (χ4n) is 3.51. The van der Waals surface area contributed by atoms with Gasteiger partial charge in [0.05, 0.1) is 0 Å². The summed E-state index contributed by atoms with van der Waals surface area (Å²) in [5, 5.41) is 0. The van der Waals surface area contributed by atoms with Gasteiger partial charge in [-0.15, -0.1) is 70.8 Å². The normalized spacial score (nSPS) is 9.42. The second-order valence-electron chi connectivity index (χ2n) is 7.35. The maximum absolute atomic E-state index is 2.21. The van der Waals surface area contributed by atoms with Crippen molar-refractivity contribution in [3.63, 3.8) is 0 Å². The van der Waals surface area contributed by atoms with Gasteiger partial charge in [0.25, 0.3) is 0 Å². The Labute approximate surface area is 219 Å². The van der Waals surface area contributed by atoms with E-state index in [-0.39, 0.29) is 50.7 Å². The number of rotatable bonds is 4. The Kier molecular flexibility index (Phi) is 13.9. The summed E-state index contributed by atoms with van der Waals surface area (Å²) in [6.07, 6.45) is 2.22. The van der Waals surface area contributed by atoms with Crippen molar-refractivity contribution >= 4 is 0 Å². The molecule has 3 heteroatoms. The number of benzene rings is 2. The molecule has 160 valence electrons. The molecule has 0 N–H and O–H groups in total. The molecule has 0 amide bonds. The molecular weight excluding hydrogens is 586 g/mol. The summed E-state index contributed by atoms with van der Waals surface area (Å²) in [4.78, 5) is 0. The van der Waals surface area contributed by atoms with Gasteiger partial charge in [-0.05, 0) is 12.8 Å². The average molecular weight is 616 g/mol. The van der Waals surface area contributed by atoms with Crippen molar-refractivity contribution in [3.8, 4) is 22.3 Å². The zero-order chi connectivity index (χ0) is 19.9. The first-order chi connectivity index (χ1) is 13.6. The van der Waals surface area contributed by atoms with Crippen LogP contribution in [0.3, 0.4) is 0 Å². The molecule has 4 aromatic rings. The van der Waals surface area contributed by atoms with E-state index in [0.29, 0.717) is 0 Å². The molecule has 0 radical (unpaired) electrons. The summed E-state index contributed by atoms with van der Waals surface area (Å²) in [5.74, 6) is 0. The molecule has 0 nitrogen and oxygen atoms in total. The standard InChI is InChI=1S/2C14H15.2ClH.Hf/c2*1-3-12-7-9-13(10-8-12)14-6-4-5-11(14)2;;;/h2*4-10H,3H2,1-2H3;2*1H;/q2*-1;;;+4/p-2. The van der Waals surface area contributed by atoms with Gasteiger partial charge < -0.3 is 24.8 Å². The fraction of sp³-hybridized carbons (Fsp3) is 0.214. The smallest absolute Gasteiger partial charge is 1.00 e. The maximum Gasteiger partial charge on any atom is 4.00 e. The van der Waals surface area contributed by atoms with Crippen molar-refractivity contribution in [3.05, 3.63) is 107 Å². The molecule has 0 saturated carbocycles. The Hall–Kier alpha value is -1.41. The molecule has 0 aliphatic carbocycles. The summed E-state index contributed by atoms with van der Waals surface area (Å²) in [5.41, 5.74) is 10.9. The van der Waals surface area contributed by atoms with Crippen LogP contribution in [0, 0.1) is 13.8 Å². The molecule has 0 fully saturated rings. The number of aryl methyl sites for hydroxylation is 4. The quantitative estimate of drug-likeness (QED) is 0.243. The van der Waals surface area contributed by atoms with Crippen LogP contribution in [0.15, 0.2) is 84.9 Å². The molecule has 0 aromatic heterocycles. The van der Waals surface area contributed by atoms with Gasteiger partial charge in [0.15, 0.2) is 0 Å².